The summed E-state index contributed by atoms with van der Waals surface area (Å²) < 4.78 is 11.0. The minimum Gasteiger partial charge on any atom is -0.483 e. The molecular formula is C19H23N3O2S. The van der Waals surface area contributed by atoms with Crippen LogP contribution in [-0.2, 0) is 15.9 Å². The molecule has 0 unspecified atom stereocenters. The minimum atomic E-state index is -0.190. The average molecular weight is 357 g/mol. The van der Waals surface area contributed by atoms with E-state index in [-0.39, 0.29) is 12.1 Å². The van der Waals surface area contributed by atoms with E-state index >= 15 is 0 Å². The molecule has 0 saturated heterocycles. The Labute approximate surface area is 152 Å². The van der Waals surface area contributed by atoms with Crippen molar-refractivity contribution in [1.29, 1.82) is 0 Å². The number of nitrogens with zero attached hydrogens (tertiary/aromatic N) is 3. The summed E-state index contributed by atoms with van der Waals surface area (Å²) in [4.78, 5) is 14.2. The molecule has 0 aliphatic carbocycles. The third-order valence-corrected chi connectivity index (χ3v) is 5.00. The number of thiazole rings is 1. The molecule has 0 spiro atoms. The second-order valence-electron chi connectivity index (χ2n) is 6.24. The third kappa shape index (κ3) is 3.90. The maximum Gasteiger partial charge on any atom is 0.209 e. The predicted molar refractivity (Wildman–Crippen MR) is 103 cm³/mol. The lowest BCUT2D eigenvalue weighted by molar-refractivity contribution is 0.332. The van der Waals surface area contributed by atoms with Gasteiger partial charge in [-0.2, -0.15) is 0 Å². The lowest BCUT2D eigenvalue weighted by Gasteiger charge is -2.26. The number of methoxy groups -OCH3 is 2. The standard InChI is InChI=1S/C19H23N3O2S/c1-12(2)17-19(24-4)21-14(18(22-17)23-3)10-16-20-15(11-25-16)13-8-6-5-7-9-13/h5-9,11-12,14,17H,10H2,1-4H3/t14-,17-/m0/s1. The van der Waals surface area contributed by atoms with Crippen molar-refractivity contribution in [3.05, 3.63) is 40.7 Å². The SMILES string of the molecule is COC1=N[C@@H](C(C)C)C(OC)=N[C@H]1Cc1nc(-c2ccccc2)cs1. The molecule has 6 heteroatoms. The van der Waals surface area contributed by atoms with E-state index in [1.807, 2.05) is 18.2 Å². The summed E-state index contributed by atoms with van der Waals surface area (Å²) in [6.45, 7) is 4.20. The molecule has 1 aliphatic heterocycles. The zero-order chi connectivity index (χ0) is 17.8. The molecule has 1 aliphatic rings. The summed E-state index contributed by atoms with van der Waals surface area (Å²) in [5.74, 6) is 1.62. The monoisotopic (exact) mass is 357 g/mol. The van der Waals surface area contributed by atoms with Crippen LogP contribution in [0.5, 0.6) is 0 Å². The molecule has 2 aromatic rings. The van der Waals surface area contributed by atoms with Crippen molar-refractivity contribution < 1.29 is 9.47 Å². The van der Waals surface area contributed by atoms with Gasteiger partial charge in [0.2, 0.25) is 11.8 Å². The van der Waals surface area contributed by atoms with E-state index in [4.69, 9.17) is 24.4 Å². The normalized spacial score (nSPS) is 20.2. The quantitative estimate of drug-likeness (QED) is 0.835. The van der Waals surface area contributed by atoms with Gasteiger partial charge >= 0.3 is 0 Å². The van der Waals surface area contributed by atoms with Gasteiger partial charge in [-0.15, -0.1) is 11.3 Å². The first kappa shape index (κ1) is 17.6. The van der Waals surface area contributed by atoms with Crippen LogP contribution in [0, 0.1) is 5.92 Å². The molecule has 3 rings (SSSR count). The zero-order valence-corrected chi connectivity index (χ0v) is 15.8. The Morgan fingerprint density at radius 1 is 1.04 bits per heavy atom. The molecule has 0 bridgehead atoms. The number of hydrogen-bond donors (Lipinski definition) is 0. The molecule has 25 heavy (non-hydrogen) atoms. The van der Waals surface area contributed by atoms with Crippen LogP contribution in [0.1, 0.15) is 18.9 Å². The average Bonchev–Trinajstić information content (AvgIpc) is 3.10. The van der Waals surface area contributed by atoms with Gasteiger partial charge in [-0.25, -0.2) is 15.0 Å². The first-order valence-electron chi connectivity index (χ1n) is 8.35. The van der Waals surface area contributed by atoms with Gasteiger partial charge in [0.1, 0.15) is 12.1 Å². The first-order valence-corrected chi connectivity index (χ1v) is 9.23. The van der Waals surface area contributed by atoms with Crippen molar-refractivity contribution in [2.75, 3.05) is 14.2 Å². The second kappa shape index (κ2) is 7.78. The van der Waals surface area contributed by atoms with Gasteiger partial charge in [0.05, 0.1) is 24.9 Å². The lowest BCUT2D eigenvalue weighted by atomic mass is 10.0. The first-order chi connectivity index (χ1) is 12.1. The Bertz CT molecular complexity index is 768. The predicted octanol–water partition coefficient (Wildman–Crippen LogP) is 3.85. The van der Waals surface area contributed by atoms with Gasteiger partial charge in [0, 0.05) is 17.4 Å². The molecule has 0 fully saturated rings. The third-order valence-electron chi connectivity index (χ3n) is 4.13. The van der Waals surface area contributed by atoms with E-state index in [2.05, 4.69) is 31.4 Å². The highest BCUT2D eigenvalue weighted by Crippen LogP contribution is 2.25. The number of aliphatic imine (C=N–C) groups is 2. The Morgan fingerprint density at radius 3 is 2.40 bits per heavy atom. The van der Waals surface area contributed by atoms with Gasteiger partial charge in [-0.1, -0.05) is 44.2 Å². The van der Waals surface area contributed by atoms with E-state index in [1.165, 1.54) is 0 Å². The second-order valence-corrected chi connectivity index (χ2v) is 7.19. The highest BCUT2D eigenvalue weighted by atomic mass is 32.1. The van der Waals surface area contributed by atoms with Crippen LogP contribution in [0.15, 0.2) is 45.7 Å². The molecule has 0 radical (unpaired) electrons. The van der Waals surface area contributed by atoms with Crippen molar-refractivity contribution >= 4 is 23.1 Å². The topological polar surface area (TPSA) is 56.1 Å². The van der Waals surface area contributed by atoms with Crippen LogP contribution in [0.2, 0.25) is 0 Å². The number of benzene rings is 1. The summed E-state index contributed by atoms with van der Waals surface area (Å²) in [5.41, 5.74) is 2.11. The van der Waals surface area contributed by atoms with Gasteiger partial charge in [0.15, 0.2) is 0 Å². The maximum absolute atomic E-state index is 5.50. The van der Waals surface area contributed by atoms with Crippen LogP contribution < -0.4 is 0 Å². The summed E-state index contributed by atoms with van der Waals surface area (Å²) >= 11 is 1.63. The fraction of sp³-hybridized carbons (Fsp3) is 0.421. The van der Waals surface area contributed by atoms with Gasteiger partial charge in [0.25, 0.3) is 0 Å². The van der Waals surface area contributed by atoms with E-state index in [0.717, 1.165) is 16.3 Å². The van der Waals surface area contributed by atoms with Crippen molar-refractivity contribution in [1.82, 2.24) is 4.98 Å². The van der Waals surface area contributed by atoms with Gasteiger partial charge in [-0.05, 0) is 5.92 Å². The Balaban J connectivity index is 1.81. The molecule has 0 N–H and O–H groups in total. The summed E-state index contributed by atoms with van der Waals surface area (Å²) in [6, 6.07) is 9.90. The van der Waals surface area contributed by atoms with Crippen molar-refractivity contribution in [3.8, 4) is 11.3 Å². The number of rotatable bonds is 4. The number of aromatic nitrogens is 1. The van der Waals surface area contributed by atoms with Crippen LogP contribution in [0.25, 0.3) is 11.3 Å². The van der Waals surface area contributed by atoms with Crippen LogP contribution in [0.4, 0.5) is 0 Å². The lowest BCUT2D eigenvalue weighted by Crippen LogP contribution is -2.38. The van der Waals surface area contributed by atoms with E-state index < -0.39 is 0 Å². The zero-order valence-electron chi connectivity index (χ0n) is 15.0. The minimum absolute atomic E-state index is 0.0904. The van der Waals surface area contributed by atoms with Crippen molar-refractivity contribution in [2.24, 2.45) is 15.9 Å². The molecule has 132 valence electrons. The fourth-order valence-corrected chi connectivity index (χ4v) is 3.65. The highest BCUT2D eigenvalue weighted by molar-refractivity contribution is 7.10. The van der Waals surface area contributed by atoms with Gasteiger partial charge in [-0.3, -0.25) is 0 Å². The highest BCUT2D eigenvalue weighted by Gasteiger charge is 2.31. The Morgan fingerprint density at radius 2 is 1.76 bits per heavy atom. The molecule has 5 nitrogen and oxygen atoms in total. The Hall–Kier alpha value is -2.21. The molecule has 2 heterocycles. The molecular weight excluding hydrogens is 334 g/mol. The van der Waals surface area contributed by atoms with E-state index in [9.17, 15) is 0 Å². The number of ether oxygens (including phenoxy) is 2. The van der Waals surface area contributed by atoms with Gasteiger partial charge < -0.3 is 9.47 Å². The molecule has 1 aromatic carbocycles. The van der Waals surface area contributed by atoms with Crippen molar-refractivity contribution in [2.45, 2.75) is 32.4 Å². The van der Waals surface area contributed by atoms with Crippen LogP contribution >= 0.6 is 11.3 Å². The largest absolute Gasteiger partial charge is 0.483 e. The van der Waals surface area contributed by atoms with Crippen molar-refractivity contribution in [3.63, 3.8) is 0 Å². The molecule has 1 aromatic heterocycles. The fourth-order valence-electron chi connectivity index (χ4n) is 2.80. The smallest absolute Gasteiger partial charge is 0.209 e. The van der Waals surface area contributed by atoms with Crippen LogP contribution in [0.3, 0.4) is 0 Å². The Kier molecular flexibility index (Phi) is 5.48. The molecule has 2 atom stereocenters. The molecule has 0 saturated carbocycles. The van der Waals surface area contributed by atoms with Crippen LogP contribution in [-0.4, -0.2) is 43.1 Å². The van der Waals surface area contributed by atoms with E-state index in [0.29, 0.717) is 24.1 Å². The van der Waals surface area contributed by atoms with E-state index in [1.54, 1.807) is 25.6 Å². The summed E-state index contributed by atoms with van der Waals surface area (Å²) in [7, 11) is 3.29. The summed E-state index contributed by atoms with van der Waals surface area (Å²) in [5, 5.41) is 3.09. The maximum atomic E-state index is 5.50. The number of hydrogen-bond acceptors (Lipinski definition) is 6. The molecule has 0 amide bonds. The summed E-state index contributed by atoms with van der Waals surface area (Å²) in [6.07, 6.45) is 0.655.